The third-order valence-corrected chi connectivity index (χ3v) is 6.44. The van der Waals surface area contributed by atoms with Gasteiger partial charge < -0.3 is 5.32 Å². The van der Waals surface area contributed by atoms with Gasteiger partial charge in [-0.1, -0.05) is 6.08 Å². The molecule has 0 aromatic rings. The number of allylic oxidation sites excluding steroid dienone is 1. The van der Waals surface area contributed by atoms with Crippen molar-refractivity contribution in [2.45, 2.75) is 44.6 Å². The number of nitrogens with one attached hydrogen (secondary N) is 1. The van der Waals surface area contributed by atoms with Crippen LogP contribution >= 0.6 is 0 Å². The van der Waals surface area contributed by atoms with E-state index in [0.717, 1.165) is 38.3 Å². The molecule has 0 radical (unpaired) electrons. The molecule has 2 fully saturated rings. The van der Waals surface area contributed by atoms with Crippen LogP contribution in [0.25, 0.3) is 0 Å². The van der Waals surface area contributed by atoms with Crippen molar-refractivity contribution in [2.24, 2.45) is 5.92 Å². The standard InChI is InChI=1S/C15H29N3O2S/c1-3-4-5-10-17(2)21(19,20)18-11-8-14(9-12-18)13-16-15-6-7-15/h3,14-16H,1,4-13H2,2H3. The number of unbranched alkanes of at least 4 members (excludes halogenated alkanes) is 1. The van der Waals surface area contributed by atoms with Gasteiger partial charge in [0.15, 0.2) is 0 Å². The van der Waals surface area contributed by atoms with Crippen LogP contribution in [-0.2, 0) is 10.2 Å². The van der Waals surface area contributed by atoms with Gasteiger partial charge in [-0.2, -0.15) is 17.0 Å². The molecule has 21 heavy (non-hydrogen) atoms. The van der Waals surface area contributed by atoms with E-state index in [1.807, 2.05) is 6.08 Å². The fraction of sp³-hybridized carbons (Fsp3) is 0.867. The van der Waals surface area contributed by atoms with Gasteiger partial charge in [0.2, 0.25) is 0 Å². The van der Waals surface area contributed by atoms with Crippen molar-refractivity contribution in [2.75, 3.05) is 33.2 Å². The van der Waals surface area contributed by atoms with Crippen LogP contribution in [0.15, 0.2) is 12.7 Å². The molecule has 1 saturated heterocycles. The summed E-state index contributed by atoms with van der Waals surface area (Å²) in [5.41, 5.74) is 0. The van der Waals surface area contributed by atoms with Crippen molar-refractivity contribution in [1.82, 2.24) is 13.9 Å². The summed E-state index contributed by atoms with van der Waals surface area (Å²) in [5, 5.41) is 3.55. The third kappa shape index (κ3) is 5.06. The summed E-state index contributed by atoms with van der Waals surface area (Å²) in [4.78, 5) is 0. The SMILES string of the molecule is C=CCCCN(C)S(=O)(=O)N1CCC(CNC2CC2)CC1. The van der Waals surface area contributed by atoms with Crippen LogP contribution in [-0.4, -0.2) is 56.3 Å². The Morgan fingerprint density at radius 3 is 2.52 bits per heavy atom. The van der Waals surface area contributed by atoms with E-state index < -0.39 is 10.2 Å². The first kappa shape index (κ1) is 16.9. The second-order valence-corrected chi connectivity index (χ2v) is 8.32. The van der Waals surface area contributed by atoms with Crippen molar-refractivity contribution in [3.63, 3.8) is 0 Å². The van der Waals surface area contributed by atoms with E-state index >= 15 is 0 Å². The molecule has 0 unspecified atom stereocenters. The Kier molecular flexibility index (Phi) is 6.22. The molecule has 0 aromatic heterocycles. The summed E-state index contributed by atoms with van der Waals surface area (Å²) in [7, 11) is -1.59. The van der Waals surface area contributed by atoms with E-state index in [-0.39, 0.29) is 0 Å². The van der Waals surface area contributed by atoms with Crippen LogP contribution in [0.4, 0.5) is 0 Å². The van der Waals surface area contributed by atoms with Gasteiger partial charge in [0.05, 0.1) is 0 Å². The molecule has 2 rings (SSSR count). The highest BCUT2D eigenvalue weighted by molar-refractivity contribution is 7.86. The quantitative estimate of drug-likeness (QED) is 0.519. The van der Waals surface area contributed by atoms with Crippen molar-refractivity contribution < 1.29 is 8.42 Å². The molecule has 1 aliphatic carbocycles. The highest BCUT2D eigenvalue weighted by atomic mass is 32.2. The molecule has 1 heterocycles. The lowest BCUT2D eigenvalue weighted by atomic mass is 9.98. The molecule has 1 aliphatic heterocycles. The van der Waals surface area contributed by atoms with Crippen molar-refractivity contribution in [3.05, 3.63) is 12.7 Å². The molecule has 0 spiro atoms. The molecule has 1 N–H and O–H groups in total. The van der Waals surface area contributed by atoms with Gasteiger partial charge >= 0.3 is 0 Å². The zero-order valence-electron chi connectivity index (χ0n) is 13.1. The first-order valence-electron chi connectivity index (χ1n) is 8.09. The average Bonchev–Trinajstić information content (AvgIpc) is 3.30. The summed E-state index contributed by atoms with van der Waals surface area (Å²) >= 11 is 0. The average molecular weight is 315 g/mol. The van der Waals surface area contributed by atoms with Crippen LogP contribution in [0, 0.1) is 5.92 Å². The van der Waals surface area contributed by atoms with Gasteiger partial charge in [-0.3, -0.25) is 0 Å². The maximum absolute atomic E-state index is 12.5. The highest BCUT2D eigenvalue weighted by Crippen LogP contribution is 2.23. The fourth-order valence-corrected chi connectivity index (χ4v) is 4.16. The lowest BCUT2D eigenvalue weighted by molar-refractivity contribution is 0.253. The molecule has 122 valence electrons. The zero-order valence-corrected chi connectivity index (χ0v) is 13.9. The van der Waals surface area contributed by atoms with Gasteiger partial charge in [-0.15, -0.1) is 6.58 Å². The van der Waals surface area contributed by atoms with Crippen LogP contribution in [0.3, 0.4) is 0 Å². The van der Waals surface area contributed by atoms with Crippen molar-refractivity contribution in [3.8, 4) is 0 Å². The normalized spacial score (nSPS) is 21.8. The van der Waals surface area contributed by atoms with Crippen LogP contribution < -0.4 is 5.32 Å². The Morgan fingerprint density at radius 1 is 1.29 bits per heavy atom. The minimum Gasteiger partial charge on any atom is -0.314 e. The number of hydrogen-bond acceptors (Lipinski definition) is 3. The summed E-state index contributed by atoms with van der Waals surface area (Å²) < 4.78 is 28.1. The Labute approximate surface area is 129 Å². The van der Waals surface area contributed by atoms with Gasteiger partial charge in [-0.05, 0) is 51.0 Å². The predicted octanol–water partition coefficient (Wildman–Crippen LogP) is 1.59. The molecule has 1 saturated carbocycles. The second kappa shape index (κ2) is 7.72. The number of nitrogens with zero attached hydrogens (tertiary/aromatic N) is 2. The monoisotopic (exact) mass is 315 g/mol. The highest BCUT2D eigenvalue weighted by Gasteiger charge is 2.31. The smallest absolute Gasteiger partial charge is 0.281 e. The Bertz CT molecular complexity index is 426. The lowest BCUT2D eigenvalue weighted by Gasteiger charge is -2.33. The minimum absolute atomic E-state index is 0.567. The molecular weight excluding hydrogens is 286 g/mol. The van der Waals surface area contributed by atoms with Crippen molar-refractivity contribution in [1.29, 1.82) is 0 Å². The summed E-state index contributed by atoms with van der Waals surface area (Å²) in [6.45, 7) is 6.60. The summed E-state index contributed by atoms with van der Waals surface area (Å²) in [5.74, 6) is 0.628. The first-order valence-corrected chi connectivity index (χ1v) is 9.49. The molecule has 0 atom stereocenters. The van der Waals surface area contributed by atoms with E-state index in [1.54, 1.807) is 11.4 Å². The second-order valence-electron chi connectivity index (χ2n) is 6.29. The van der Waals surface area contributed by atoms with Crippen LogP contribution in [0.5, 0.6) is 0 Å². The zero-order chi connectivity index (χ0) is 15.3. The summed E-state index contributed by atoms with van der Waals surface area (Å²) in [6.07, 6.45) is 8.08. The van der Waals surface area contributed by atoms with E-state index in [0.29, 0.717) is 25.6 Å². The van der Waals surface area contributed by atoms with Gasteiger partial charge in [0.25, 0.3) is 10.2 Å². The molecule has 0 bridgehead atoms. The molecule has 5 nitrogen and oxygen atoms in total. The molecule has 2 aliphatic rings. The molecular formula is C15H29N3O2S. The summed E-state index contributed by atoms with van der Waals surface area (Å²) in [6, 6.07) is 0.739. The van der Waals surface area contributed by atoms with Gasteiger partial charge in [-0.25, -0.2) is 0 Å². The van der Waals surface area contributed by atoms with Gasteiger partial charge in [0.1, 0.15) is 0 Å². The van der Waals surface area contributed by atoms with Gasteiger partial charge in [0, 0.05) is 32.7 Å². The maximum atomic E-state index is 12.5. The van der Waals surface area contributed by atoms with E-state index in [2.05, 4.69) is 11.9 Å². The van der Waals surface area contributed by atoms with Crippen LogP contribution in [0.1, 0.15) is 38.5 Å². The number of piperidine rings is 1. The molecule has 6 heteroatoms. The predicted molar refractivity (Wildman–Crippen MR) is 86.3 cm³/mol. The van der Waals surface area contributed by atoms with Crippen molar-refractivity contribution >= 4 is 10.2 Å². The third-order valence-electron chi connectivity index (χ3n) is 4.45. The van der Waals surface area contributed by atoms with E-state index in [1.165, 1.54) is 17.1 Å². The lowest BCUT2D eigenvalue weighted by Crippen LogP contribution is -2.47. The van der Waals surface area contributed by atoms with Crippen LogP contribution in [0.2, 0.25) is 0 Å². The minimum atomic E-state index is -3.27. The largest absolute Gasteiger partial charge is 0.314 e. The maximum Gasteiger partial charge on any atom is 0.281 e. The Hall–Kier alpha value is -0.430. The fourth-order valence-electron chi connectivity index (χ4n) is 2.74. The Morgan fingerprint density at radius 2 is 1.95 bits per heavy atom. The molecule has 0 aromatic carbocycles. The van der Waals surface area contributed by atoms with E-state index in [4.69, 9.17) is 0 Å². The first-order chi connectivity index (χ1) is 10.0. The number of rotatable bonds is 9. The molecule has 0 amide bonds. The topological polar surface area (TPSA) is 52.7 Å². The number of hydrogen-bond donors (Lipinski definition) is 1. The van der Waals surface area contributed by atoms with E-state index in [9.17, 15) is 8.42 Å². The Balaban J connectivity index is 1.74.